The fourth-order valence-electron chi connectivity index (χ4n) is 3.06. The van der Waals surface area contributed by atoms with Crippen molar-refractivity contribution >= 4 is 66.9 Å². The Balaban J connectivity index is 2.00. The van der Waals surface area contributed by atoms with E-state index in [1.54, 1.807) is 0 Å². The number of esters is 2. The minimum atomic E-state index is -0.317. The van der Waals surface area contributed by atoms with Crippen LogP contribution < -0.4 is 0 Å². The van der Waals surface area contributed by atoms with Crippen molar-refractivity contribution in [1.29, 1.82) is 0 Å². The molecule has 1 unspecified atom stereocenters. The van der Waals surface area contributed by atoms with Crippen molar-refractivity contribution in [3.05, 3.63) is 40.7 Å². The molecule has 0 N–H and O–H groups in total. The van der Waals surface area contributed by atoms with Crippen molar-refractivity contribution in [3.8, 4) is 0 Å². The zero-order valence-corrected chi connectivity index (χ0v) is 17.8. The first-order chi connectivity index (χ1) is 11.4. The number of methoxy groups -OCH3 is 2. The number of rotatable bonds is 2. The average Bonchev–Trinajstić information content (AvgIpc) is 3.15. The molecular weight excluding hydrogens is 480 g/mol. The summed E-state index contributed by atoms with van der Waals surface area (Å²) in [5.74, 6) is -0.615. The van der Waals surface area contributed by atoms with Crippen molar-refractivity contribution in [2.45, 2.75) is 19.3 Å². The van der Waals surface area contributed by atoms with E-state index in [9.17, 15) is 9.59 Å². The third-order valence-corrected chi connectivity index (χ3v) is 8.02. The zero-order chi connectivity index (χ0) is 17.5. The first-order valence-electron chi connectivity index (χ1n) is 7.15. The van der Waals surface area contributed by atoms with E-state index >= 15 is 0 Å². The van der Waals surface area contributed by atoms with Gasteiger partial charge in [0.05, 0.1) is 22.5 Å². The van der Waals surface area contributed by atoms with Gasteiger partial charge in [-0.05, 0) is 62.8 Å². The van der Waals surface area contributed by atoms with Crippen LogP contribution in [-0.2, 0) is 27.1 Å². The van der Waals surface area contributed by atoms with Gasteiger partial charge >= 0.3 is 11.9 Å². The number of fused-ring (bicyclic) bond motifs is 1. The highest BCUT2D eigenvalue weighted by molar-refractivity contribution is 9.28. The van der Waals surface area contributed by atoms with Crippen LogP contribution in [0.1, 0.15) is 26.5 Å². The number of aryl methyl sites for hydroxylation is 1. The van der Waals surface area contributed by atoms with Gasteiger partial charge in [-0.25, -0.2) is 9.59 Å². The normalized spacial score (nSPS) is 22.2. The number of allylic oxidation sites excluding steroid dienone is 2. The molecule has 4 nitrogen and oxygen atoms in total. The van der Waals surface area contributed by atoms with Crippen LogP contribution in [0, 0.1) is 5.41 Å². The standard InChI is InChI=1S/C16H14Br2O4S2/c1-21-14(19)9-5-8-3-4-16(6-10(8)23-9)7-11(15(20)22-2)24-12(16)13(17)18/h5,7H,3-4,6H2,1-2H3. The van der Waals surface area contributed by atoms with Gasteiger partial charge in [0.2, 0.25) is 0 Å². The minimum absolute atomic E-state index is 0.248. The highest BCUT2D eigenvalue weighted by Crippen LogP contribution is 2.58. The molecule has 0 saturated carbocycles. The van der Waals surface area contributed by atoms with Crippen LogP contribution in [-0.4, -0.2) is 26.2 Å². The maximum absolute atomic E-state index is 12.0. The lowest BCUT2D eigenvalue weighted by Gasteiger charge is -2.33. The molecule has 1 atom stereocenters. The average molecular weight is 494 g/mol. The first-order valence-corrected chi connectivity index (χ1v) is 10.4. The second-order valence-electron chi connectivity index (χ2n) is 5.58. The summed E-state index contributed by atoms with van der Waals surface area (Å²) in [6.45, 7) is 0. The fraction of sp³-hybridized carbons (Fsp3) is 0.375. The summed E-state index contributed by atoms with van der Waals surface area (Å²) in [7, 11) is 2.78. The Labute approximate surface area is 164 Å². The minimum Gasteiger partial charge on any atom is -0.465 e. The monoisotopic (exact) mass is 492 g/mol. The maximum Gasteiger partial charge on any atom is 0.348 e. The number of halogens is 2. The third-order valence-electron chi connectivity index (χ3n) is 4.23. The number of hydrogen-bond donors (Lipinski definition) is 0. The van der Waals surface area contributed by atoms with Gasteiger partial charge in [-0.2, -0.15) is 0 Å². The molecule has 0 saturated heterocycles. The van der Waals surface area contributed by atoms with Crippen LogP contribution in [0.3, 0.4) is 0 Å². The molecular formula is C16H14Br2O4S2. The van der Waals surface area contributed by atoms with E-state index in [0.717, 1.165) is 27.6 Å². The first kappa shape index (κ1) is 18.2. The largest absolute Gasteiger partial charge is 0.465 e. The van der Waals surface area contributed by atoms with Crippen LogP contribution in [0.4, 0.5) is 0 Å². The second-order valence-corrected chi connectivity index (χ2v) is 10.4. The van der Waals surface area contributed by atoms with Crippen LogP contribution in [0.15, 0.2) is 25.3 Å². The lowest BCUT2D eigenvalue weighted by atomic mass is 9.74. The quantitative estimate of drug-likeness (QED) is 0.555. The lowest BCUT2D eigenvalue weighted by molar-refractivity contribution is -0.135. The van der Waals surface area contributed by atoms with Gasteiger partial charge < -0.3 is 9.47 Å². The molecule has 0 bridgehead atoms. The van der Waals surface area contributed by atoms with Crippen molar-refractivity contribution in [2.75, 3.05) is 14.2 Å². The van der Waals surface area contributed by atoms with Crippen molar-refractivity contribution in [1.82, 2.24) is 0 Å². The summed E-state index contributed by atoms with van der Waals surface area (Å²) in [6, 6.07) is 1.93. The van der Waals surface area contributed by atoms with Gasteiger partial charge in [0.1, 0.15) is 4.88 Å². The lowest BCUT2D eigenvalue weighted by Crippen LogP contribution is -2.25. The Morgan fingerprint density at radius 1 is 1.21 bits per heavy atom. The summed E-state index contributed by atoms with van der Waals surface area (Å²) in [4.78, 5) is 27.2. The molecule has 128 valence electrons. The molecule has 0 amide bonds. The summed E-state index contributed by atoms with van der Waals surface area (Å²) in [5, 5.41) is 0. The smallest absolute Gasteiger partial charge is 0.348 e. The van der Waals surface area contributed by atoms with Gasteiger partial charge in [-0.1, -0.05) is 17.8 Å². The Kier molecular flexibility index (Phi) is 5.30. The highest BCUT2D eigenvalue weighted by Gasteiger charge is 2.44. The molecule has 1 aliphatic heterocycles. The van der Waals surface area contributed by atoms with E-state index in [0.29, 0.717) is 9.78 Å². The number of thioether (sulfide) groups is 1. The van der Waals surface area contributed by atoms with Crippen LogP contribution in [0.25, 0.3) is 0 Å². The van der Waals surface area contributed by atoms with Crippen LogP contribution >= 0.6 is 55.0 Å². The van der Waals surface area contributed by atoms with Gasteiger partial charge in [0.25, 0.3) is 0 Å². The van der Waals surface area contributed by atoms with Crippen LogP contribution in [0.5, 0.6) is 0 Å². The molecule has 1 spiro atoms. The molecule has 1 aliphatic carbocycles. The highest BCUT2D eigenvalue weighted by atomic mass is 79.9. The molecule has 2 heterocycles. The molecule has 1 aromatic rings. The number of ether oxygens (including phenoxy) is 2. The van der Waals surface area contributed by atoms with E-state index in [2.05, 4.69) is 31.9 Å². The number of hydrogen-bond acceptors (Lipinski definition) is 6. The molecule has 0 radical (unpaired) electrons. The number of thiophene rings is 1. The van der Waals surface area contributed by atoms with E-state index < -0.39 is 0 Å². The second kappa shape index (κ2) is 6.97. The van der Waals surface area contributed by atoms with E-state index in [-0.39, 0.29) is 17.4 Å². The van der Waals surface area contributed by atoms with E-state index in [1.165, 1.54) is 47.8 Å². The number of carbonyl (C=O) groups is 2. The molecule has 2 aliphatic rings. The Morgan fingerprint density at radius 3 is 2.54 bits per heavy atom. The predicted octanol–water partition coefficient (Wildman–Crippen LogP) is 4.77. The van der Waals surface area contributed by atoms with Gasteiger partial charge in [0.15, 0.2) is 0 Å². The SMILES string of the molecule is COC(=O)C1=CC2(CCc3cc(C(=O)OC)sc3C2)C(=C(Br)Br)S1. The Bertz CT molecular complexity index is 777. The maximum atomic E-state index is 12.0. The van der Waals surface area contributed by atoms with Crippen molar-refractivity contribution in [3.63, 3.8) is 0 Å². The molecule has 3 rings (SSSR count). The zero-order valence-electron chi connectivity index (χ0n) is 13.0. The Hall–Kier alpha value is -0.570. The number of carbonyl (C=O) groups excluding carboxylic acids is 2. The summed E-state index contributed by atoms with van der Waals surface area (Å²) in [6.07, 6.45) is 4.50. The van der Waals surface area contributed by atoms with E-state index in [1.807, 2.05) is 12.1 Å². The van der Waals surface area contributed by atoms with Crippen LogP contribution in [0.2, 0.25) is 0 Å². The van der Waals surface area contributed by atoms with Crippen molar-refractivity contribution < 1.29 is 19.1 Å². The Morgan fingerprint density at radius 2 is 1.92 bits per heavy atom. The predicted molar refractivity (Wildman–Crippen MR) is 103 cm³/mol. The van der Waals surface area contributed by atoms with E-state index in [4.69, 9.17) is 9.47 Å². The molecule has 24 heavy (non-hydrogen) atoms. The van der Waals surface area contributed by atoms with Crippen molar-refractivity contribution in [2.24, 2.45) is 5.41 Å². The topological polar surface area (TPSA) is 52.6 Å². The summed E-state index contributed by atoms with van der Waals surface area (Å²) in [5.41, 5.74) is 0.947. The summed E-state index contributed by atoms with van der Waals surface area (Å²) < 4.78 is 10.5. The van der Waals surface area contributed by atoms with Gasteiger partial charge in [-0.15, -0.1) is 11.3 Å². The fourth-order valence-corrected chi connectivity index (χ4v) is 6.78. The van der Waals surface area contributed by atoms with Gasteiger partial charge in [-0.3, -0.25) is 0 Å². The molecule has 0 fully saturated rings. The molecule has 0 aromatic carbocycles. The molecule has 8 heteroatoms. The summed E-state index contributed by atoms with van der Waals surface area (Å²) >= 11 is 9.93. The van der Waals surface area contributed by atoms with Gasteiger partial charge in [0, 0.05) is 15.2 Å². The molecule has 1 aromatic heterocycles. The third kappa shape index (κ3) is 3.13.